The van der Waals surface area contributed by atoms with Crippen molar-refractivity contribution in [1.29, 1.82) is 0 Å². The number of aromatic nitrogens is 2. The summed E-state index contributed by atoms with van der Waals surface area (Å²) < 4.78 is 16.4. The van der Waals surface area contributed by atoms with Crippen molar-refractivity contribution in [3.8, 4) is 22.9 Å². The molecule has 6 nitrogen and oxygen atoms in total. The smallest absolute Gasteiger partial charge is 0.240 e. The van der Waals surface area contributed by atoms with Crippen LogP contribution in [0.25, 0.3) is 11.4 Å². The third kappa shape index (κ3) is 3.14. The van der Waals surface area contributed by atoms with Gasteiger partial charge in [0.1, 0.15) is 6.10 Å². The van der Waals surface area contributed by atoms with Crippen molar-refractivity contribution in [1.82, 2.24) is 10.1 Å². The summed E-state index contributed by atoms with van der Waals surface area (Å²) in [5.41, 5.74) is 6.30. The van der Waals surface area contributed by atoms with E-state index in [2.05, 4.69) is 10.1 Å². The van der Waals surface area contributed by atoms with Crippen LogP contribution < -0.4 is 15.2 Å². The number of hydrogen-bond acceptors (Lipinski definition) is 7. The number of thioether (sulfide) groups is 1. The Morgan fingerprint density at radius 3 is 3.00 bits per heavy atom. The van der Waals surface area contributed by atoms with Gasteiger partial charge in [0.2, 0.25) is 11.7 Å². The standard InChI is InChI=1S/C14H17N3O3S/c1-18-11-3-2-9(14-16-13(7-15)20-17-14)6-12(11)19-10-4-5-21-8-10/h2-3,6,10H,4-5,7-8,15H2,1H3. The first-order valence-electron chi connectivity index (χ1n) is 6.75. The third-order valence-corrected chi connectivity index (χ3v) is 4.38. The Balaban J connectivity index is 1.87. The monoisotopic (exact) mass is 307 g/mol. The Labute approximate surface area is 127 Å². The molecule has 2 aromatic rings. The van der Waals surface area contributed by atoms with Crippen LogP contribution in [-0.4, -0.2) is 34.9 Å². The molecule has 0 saturated carbocycles. The second kappa shape index (κ2) is 6.36. The molecule has 0 bridgehead atoms. The van der Waals surface area contributed by atoms with Crippen molar-refractivity contribution in [2.24, 2.45) is 5.73 Å². The highest BCUT2D eigenvalue weighted by Crippen LogP contribution is 2.34. The van der Waals surface area contributed by atoms with E-state index in [1.165, 1.54) is 0 Å². The van der Waals surface area contributed by atoms with Crippen molar-refractivity contribution in [3.63, 3.8) is 0 Å². The first-order valence-corrected chi connectivity index (χ1v) is 7.91. The summed E-state index contributed by atoms with van der Waals surface area (Å²) in [5, 5.41) is 3.92. The first-order chi connectivity index (χ1) is 10.3. The summed E-state index contributed by atoms with van der Waals surface area (Å²) in [7, 11) is 1.63. The van der Waals surface area contributed by atoms with Gasteiger partial charge in [-0.25, -0.2) is 0 Å². The van der Waals surface area contributed by atoms with Gasteiger partial charge in [-0.05, 0) is 30.4 Å². The summed E-state index contributed by atoms with van der Waals surface area (Å²) in [6.07, 6.45) is 1.28. The minimum absolute atomic E-state index is 0.226. The Kier molecular flexibility index (Phi) is 4.31. The Hall–Kier alpha value is -1.73. The second-order valence-electron chi connectivity index (χ2n) is 4.68. The molecule has 3 rings (SSSR count). The van der Waals surface area contributed by atoms with Gasteiger partial charge in [0.05, 0.1) is 13.7 Å². The number of hydrogen-bond donors (Lipinski definition) is 1. The molecular weight excluding hydrogens is 290 g/mol. The molecule has 0 amide bonds. The predicted molar refractivity (Wildman–Crippen MR) is 80.5 cm³/mol. The van der Waals surface area contributed by atoms with Crippen LogP contribution in [0.2, 0.25) is 0 Å². The number of rotatable bonds is 5. The maximum absolute atomic E-state index is 6.04. The van der Waals surface area contributed by atoms with Gasteiger partial charge in [0.15, 0.2) is 11.5 Å². The highest BCUT2D eigenvalue weighted by Gasteiger charge is 2.20. The number of nitrogens with zero attached hydrogens (tertiary/aromatic N) is 2. The quantitative estimate of drug-likeness (QED) is 0.905. The fraction of sp³-hybridized carbons (Fsp3) is 0.429. The molecule has 2 N–H and O–H groups in total. The zero-order valence-electron chi connectivity index (χ0n) is 11.7. The van der Waals surface area contributed by atoms with E-state index in [9.17, 15) is 0 Å². The van der Waals surface area contributed by atoms with Crippen molar-refractivity contribution in [3.05, 3.63) is 24.1 Å². The molecule has 1 aliphatic rings. The topological polar surface area (TPSA) is 83.4 Å². The number of methoxy groups -OCH3 is 1. The molecule has 2 heterocycles. The highest BCUT2D eigenvalue weighted by molar-refractivity contribution is 7.99. The average Bonchev–Trinajstić information content (AvgIpc) is 3.18. The lowest BCUT2D eigenvalue weighted by atomic mass is 10.2. The molecule has 21 heavy (non-hydrogen) atoms. The zero-order chi connectivity index (χ0) is 14.7. The van der Waals surface area contributed by atoms with E-state index in [1.54, 1.807) is 7.11 Å². The molecule has 1 aliphatic heterocycles. The Morgan fingerprint density at radius 1 is 1.43 bits per heavy atom. The van der Waals surface area contributed by atoms with Crippen molar-refractivity contribution in [2.75, 3.05) is 18.6 Å². The molecule has 1 aromatic heterocycles. The van der Waals surface area contributed by atoms with Crippen LogP contribution in [-0.2, 0) is 6.54 Å². The van der Waals surface area contributed by atoms with E-state index in [0.717, 1.165) is 23.5 Å². The Morgan fingerprint density at radius 2 is 2.33 bits per heavy atom. The summed E-state index contributed by atoms with van der Waals surface area (Å²) in [5.74, 6) is 4.48. The molecule has 0 aliphatic carbocycles. The van der Waals surface area contributed by atoms with Gasteiger partial charge >= 0.3 is 0 Å². The molecule has 112 valence electrons. The average molecular weight is 307 g/mol. The van der Waals surface area contributed by atoms with Crippen LogP contribution in [0.4, 0.5) is 0 Å². The van der Waals surface area contributed by atoms with Crippen molar-refractivity contribution < 1.29 is 14.0 Å². The number of ether oxygens (including phenoxy) is 2. The van der Waals surface area contributed by atoms with Gasteiger partial charge in [-0.3, -0.25) is 0 Å². The minimum Gasteiger partial charge on any atom is -0.493 e. The summed E-state index contributed by atoms with van der Waals surface area (Å²) in [4.78, 5) is 4.22. The van der Waals surface area contributed by atoms with Crippen LogP contribution in [0.15, 0.2) is 22.7 Å². The highest BCUT2D eigenvalue weighted by atomic mass is 32.2. The van der Waals surface area contributed by atoms with E-state index in [0.29, 0.717) is 23.2 Å². The number of nitrogens with two attached hydrogens (primary N) is 1. The molecular formula is C14H17N3O3S. The normalized spacial score (nSPS) is 17.9. The lowest BCUT2D eigenvalue weighted by Crippen LogP contribution is -2.15. The van der Waals surface area contributed by atoms with Crippen LogP contribution in [0.3, 0.4) is 0 Å². The van der Waals surface area contributed by atoms with Crippen LogP contribution in [0.5, 0.6) is 11.5 Å². The lowest BCUT2D eigenvalue weighted by molar-refractivity contribution is 0.218. The molecule has 0 radical (unpaired) electrons. The molecule has 1 atom stereocenters. The molecule has 0 spiro atoms. The van der Waals surface area contributed by atoms with Gasteiger partial charge in [-0.1, -0.05) is 5.16 Å². The maximum Gasteiger partial charge on any atom is 0.240 e. The van der Waals surface area contributed by atoms with E-state index in [-0.39, 0.29) is 12.6 Å². The fourth-order valence-electron chi connectivity index (χ4n) is 2.15. The van der Waals surface area contributed by atoms with Gasteiger partial charge in [-0.2, -0.15) is 16.7 Å². The van der Waals surface area contributed by atoms with Gasteiger partial charge in [0.25, 0.3) is 0 Å². The molecule has 1 aromatic carbocycles. The largest absolute Gasteiger partial charge is 0.493 e. The summed E-state index contributed by atoms with van der Waals surface area (Å²) in [6.45, 7) is 0.228. The van der Waals surface area contributed by atoms with Gasteiger partial charge in [-0.15, -0.1) is 0 Å². The molecule has 1 unspecified atom stereocenters. The molecule has 7 heteroatoms. The minimum atomic E-state index is 0.226. The lowest BCUT2D eigenvalue weighted by Gasteiger charge is -2.15. The summed E-state index contributed by atoms with van der Waals surface area (Å²) in [6, 6.07) is 5.61. The molecule has 1 saturated heterocycles. The predicted octanol–water partition coefficient (Wildman–Crippen LogP) is 2.09. The first kappa shape index (κ1) is 14.2. The van der Waals surface area contributed by atoms with E-state index in [4.69, 9.17) is 19.7 Å². The van der Waals surface area contributed by atoms with Crippen LogP contribution in [0, 0.1) is 0 Å². The van der Waals surface area contributed by atoms with E-state index in [1.807, 2.05) is 30.0 Å². The molecule has 1 fully saturated rings. The van der Waals surface area contributed by atoms with E-state index < -0.39 is 0 Å². The summed E-state index contributed by atoms with van der Waals surface area (Å²) >= 11 is 1.90. The second-order valence-corrected chi connectivity index (χ2v) is 5.83. The number of benzene rings is 1. The third-order valence-electron chi connectivity index (χ3n) is 3.25. The maximum atomic E-state index is 6.04. The zero-order valence-corrected chi connectivity index (χ0v) is 12.6. The van der Waals surface area contributed by atoms with Crippen molar-refractivity contribution >= 4 is 11.8 Å². The van der Waals surface area contributed by atoms with Crippen LogP contribution in [0.1, 0.15) is 12.3 Å². The van der Waals surface area contributed by atoms with Crippen molar-refractivity contribution in [2.45, 2.75) is 19.1 Å². The fourth-order valence-corrected chi connectivity index (χ4v) is 3.24. The van der Waals surface area contributed by atoms with Gasteiger partial charge < -0.3 is 19.7 Å². The van der Waals surface area contributed by atoms with Crippen LogP contribution >= 0.6 is 11.8 Å². The van der Waals surface area contributed by atoms with E-state index >= 15 is 0 Å². The Bertz CT molecular complexity index is 611. The SMILES string of the molecule is COc1ccc(-c2noc(CN)n2)cc1OC1CCSC1. The van der Waals surface area contributed by atoms with Gasteiger partial charge in [0, 0.05) is 11.3 Å².